The average molecular weight is 367 g/mol. The van der Waals surface area contributed by atoms with Gasteiger partial charge >= 0.3 is 0 Å². The van der Waals surface area contributed by atoms with Crippen molar-refractivity contribution in [1.29, 1.82) is 0 Å². The second-order valence-electron chi connectivity index (χ2n) is 8.07. The zero-order chi connectivity index (χ0) is 18.8. The number of piperidine rings is 1. The van der Waals surface area contributed by atoms with Crippen molar-refractivity contribution < 1.29 is 0 Å². The second-order valence-corrected chi connectivity index (χ2v) is 8.07. The van der Waals surface area contributed by atoms with Crippen LogP contribution in [0.1, 0.15) is 46.5 Å². The van der Waals surface area contributed by atoms with Gasteiger partial charge in [0.2, 0.25) is 0 Å². The topological polar surface area (TPSA) is 46.1 Å². The van der Waals surface area contributed by atoms with Crippen molar-refractivity contribution >= 4 is 5.96 Å². The van der Waals surface area contributed by atoms with E-state index < -0.39 is 0 Å². The van der Waals surface area contributed by atoms with Crippen molar-refractivity contribution in [3.8, 4) is 0 Å². The fourth-order valence-corrected chi connectivity index (χ4v) is 3.92. The maximum absolute atomic E-state index is 4.83. The molecule has 2 aliphatic heterocycles. The molecule has 26 heavy (non-hydrogen) atoms. The van der Waals surface area contributed by atoms with Crippen LogP contribution < -0.4 is 10.6 Å². The van der Waals surface area contributed by atoms with Gasteiger partial charge in [-0.1, -0.05) is 6.42 Å². The zero-order valence-electron chi connectivity index (χ0n) is 17.6. The number of hydrogen-bond donors (Lipinski definition) is 2. The van der Waals surface area contributed by atoms with Gasteiger partial charge < -0.3 is 20.4 Å². The minimum atomic E-state index is 0.508. The van der Waals surface area contributed by atoms with Crippen molar-refractivity contribution in [3.05, 3.63) is 0 Å². The van der Waals surface area contributed by atoms with Crippen LogP contribution >= 0.6 is 0 Å². The number of likely N-dealkylation sites (tertiary alicyclic amines) is 1. The first-order valence-electron chi connectivity index (χ1n) is 10.8. The third-order valence-corrected chi connectivity index (χ3v) is 5.87. The van der Waals surface area contributed by atoms with Crippen LogP contribution in [0.15, 0.2) is 4.99 Å². The van der Waals surface area contributed by atoms with Crippen LogP contribution in [0.3, 0.4) is 0 Å². The molecule has 2 N–H and O–H groups in total. The van der Waals surface area contributed by atoms with E-state index in [-0.39, 0.29) is 0 Å². The molecule has 2 saturated heterocycles. The molecule has 0 bridgehead atoms. The average Bonchev–Trinajstić information content (AvgIpc) is 2.64. The molecule has 0 aliphatic carbocycles. The fraction of sp³-hybridized carbons (Fsp3) is 0.950. The van der Waals surface area contributed by atoms with E-state index in [0.717, 1.165) is 44.7 Å². The van der Waals surface area contributed by atoms with E-state index >= 15 is 0 Å². The normalized spacial score (nSPS) is 25.2. The van der Waals surface area contributed by atoms with Crippen LogP contribution in [0.25, 0.3) is 0 Å². The summed E-state index contributed by atoms with van der Waals surface area (Å²) in [5.41, 5.74) is 0. The maximum atomic E-state index is 4.83. The molecule has 0 saturated carbocycles. The molecule has 152 valence electrons. The molecule has 2 atom stereocenters. The van der Waals surface area contributed by atoms with Crippen LogP contribution in [0.2, 0.25) is 0 Å². The number of likely N-dealkylation sites (N-methyl/N-ethyl adjacent to an activating group) is 1. The predicted octanol–water partition coefficient (Wildman–Crippen LogP) is 1.44. The molecule has 2 fully saturated rings. The Morgan fingerprint density at radius 3 is 2.58 bits per heavy atom. The lowest BCUT2D eigenvalue weighted by atomic mass is 10.0. The SMILES string of the molecule is CCNC(=NCC(C)N1CCN(C)CC1)NCCCN1CCCCC1C. The first kappa shape index (κ1) is 21.5. The standard InChI is InChI=1S/C20H42N6/c1-5-21-20(22-10-8-12-25-11-7-6-9-18(25)2)23-17-19(3)26-15-13-24(4)14-16-26/h18-19H,5-17H2,1-4H3,(H2,21,22,23). The largest absolute Gasteiger partial charge is 0.357 e. The number of aliphatic imine (C=N–C) groups is 1. The van der Waals surface area contributed by atoms with Gasteiger partial charge in [0.05, 0.1) is 6.54 Å². The van der Waals surface area contributed by atoms with E-state index in [1.807, 2.05) is 0 Å². The van der Waals surface area contributed by atoms with Crippen LogP contribution in [0.4, 0.5) is 0 Å². The lowest BCUT2D eigenvalue weighted by Crippen LogP contribution is -2.49. The Balaban J connectivity index is 1.68. The second kappa shape index (κ2) is 11.8. The number of guanidine groups is 1. The van der Waals surface area contributed by atoms with Gasteiger partial charge in [-0.25, -0.2) is 0 Å². The Morgan fingerprint density at radius 1 is 1.12 bits per heavy atom. The molecular formula is C20H42N6. The summed E-state index contributed by atoms with van der Waals surface area (Å²) >= 11 is 0. The van der Waals surface area contributed by atoms with Gasteiger partial charge in [-0.2, -0.15) is 0 Å². The third kappa shape index (κ3) is 7.41. The monoisotopic (exact) mass is 366 g/mol. The Bertz CT molecular complexity index is 405. The van der Waals surface area contributed by atoms with Crippen LogP contribution in [0.5, 0.6) is 0 Å². The summed E-state index contributed by atoms with van der Waals surface area (Å²) in [4.78, 5) is 12.4. The highest BCUT2D eigenvalue weighted by atomic mass is 15.3. The predicted molar refractivity (Wildman–Crippen MR) is 112 cm³/mol. The number of nitrogens with one attached hydrogen (secondary N) is 2. The maximum Gasteiger partial charge on any atom is 0.191 e. The summed E-state index contributed by atoms with van der Waals surface area (Å²) in [5.74, 6) is 0.972. The minimum Gasteiger partial charge on any atom is -0.357 e. The highest BCUT2D eigenvalue weighted by Gasteiger charge is 2.19. The van der Waals surface area contributed by atoms with Gasteiger partial charge in [0.1, 0.15) is 0 Å². The van der Waals surface area contributed by atoms with E-state index in [9.17, 15) is 0 Å². The van der Waals surface area contributed by atoms with Crippen LogP contribution in [-0.2, 0) is 0 Å². The molecule has 2 rings (SSSR count). The summed E-state index contributed by atoms with van der Waals surface area (Å²) < 4.78 is 0. The summed E-state index contributed by atoms with van der Waals surface area (Å²) in [5, 5.41) is 6.92. The number of piperazine rings is 1. The molecule has 6 nitrogen and oxygen atoms in total. The van der Waals surface area contributed by atoms with Crippen LogP contribution in [0, 0.1) is 0 Å². The minimum absolute atomic E-state index is 0.508. The quantitative estimate of drug-likeness (QED) is 0.387. The van der Waals surface area contributed by atoms with E-state index in [1.165, 1.54) is 51.9 Å². The molecule has 0 amide bonds. The number of rotatable bonds is 8. The Morgan fingerprint density at radius 2 is 1.88 bits per heavy atom. The molecule has 2 heterocycles. The molecular weight excluding hydrogens is 324 g/mol. The fourth-order valence-electron chi connectivity index (χ4n) is 3.92. The highest BCUT2D eigenvalue weighted by molar-refractivity contribution is 5.79. The molecule has 0 aromatic rings. The number of nitrogens with zero attached hydrogens (tertiary/aromatic N) is 4. The van der Waals surface area contributed by atoms with E-state index in [1.54, 1.807) is 0 Å². The van der Waals surface area contributed by atoms with Gasteiger partial charge in [0, 0.05) is 57.9 Å². The zero-order valence-corrected chi connectivity index (χ0v) is 17.6. The molecule has 0 radical (unpaired) electrons. The van der Waals surface area contributed by atoms with Gasteiger partial charge in [0.25, 0.3) is 0 Å². The summed E-state index contributed by atoms with van der Waals surface area (Å²) in [6, 6.07) is 1.27. The molecule has 0 aromatic carbocycles. The molecule has 6 heteroatoms. The smallest absolute Gasteiger partial charge is 0.191 e. The van der Waals surface area contributed by atoms with Gasteiger partial charge in [-0.15, -0.1) is 0 Å². The van der Waals surface area contributed by atoms with Crippen molar-refractivity contribution in [2.75, 3.05) is 66.0 Å². The lowest BCUT2D eigenvalue weighted by Gasteiger charge is -2.35. The van der Waals surface area contributed by atoms with Gasteiger partial charge in [-0.05, 0) is 53.6 Å². The molecule has 0 spiro atoms. The molecule has 0 aromatic heterocycles. The van der Waals surface area contributed by atoms with Gasteiger partial charge in [0.15, 0.2) is 5.96 Å². The van der Waals surface area contributed by atoms with Crippen molar-refractivity contribution in [1.82, 2.24) is 25.3 Å². The van der Waals surface area contributed by atoms with E-state index in [0.29, 0.717) is 6.04 Å². The molecule has 2 unspecified atom stereocenters. The van der Waals surface area contributed by atoms with Crippen molar-refractivity contribution in [2.45, 2.75) is 58.5 Å². The first-order chi connectivity index (χ1) is 12.6. The Labute approximate surface area is 161 Å². The lowest BCUT2D eigenvalue weighted by molar-refractivity contribution is 0.122. The van der Waals surface area contributed by atoms with Crippen LogP contribution in [-0.4, -0.2) is 98.7 Å². The van der Waals surface area contributed by atoms with E-state index in [2.05, 4.69) is 53.2 Å². The van der Waals surface area contributed by atoms with Crippen molar-refractivity contribution in [2.24, 2.45) is 4.99 Å². The van der Waals surface area contributed by atoms with E-state index in [4.69, 9.17) is 4.99 Å². The molecule has 2 aliphatic rings. The highest BCUT2D eigenvalue weighted by Crippen LogP contribution is 2.16. The summed E-state index contributed by atoms with van der Waals surface area (Å²) in [6.07, 6.45) is 5.31. The third-order valence-electron chi connectivity index (χ3n) is 5.87. The van der Waals surface area contributed by atoms with Crippen molar-refractivity contribution in [3.63, 3.8) is 0 Å². The summed E-state index contributed by atoms with van der Waals surface area (Å²) in [6.45, 7) is 16.7. The Kier molecular flexibility index (Phi) is 9.72. The first-order valence-corrected chi connectivity index (χ1v) is 10.8. The number of hydrogen-bond acceptors (Lipinski definition) is 4. The Hall–Kier alpha value is -0.850. The van der Waals surface area contributed by atoms with Gasteiger partial charge in [-0.3, -0.25) is 9.89 Å². The summed E-state index contributed by atoms with van der Waals surface area (Å²) in [7, 11) is 2.21.